The average Bonchev–Trinajstić information content (AvgIpc) is 2.73. The topological polar surface area (TPSA) is 27.1 Å². The standard InChI is InChI=1S/C13H13BrF2N2O/c1-3-9-6-10(18(2)17-9)7-19-12-5-8(14)4-11(15)13(12)16/h4-6H,3,7H2,1-2H3. The van der Waals surface area contributed by atoms with Crippen molar-refractivity contribution >= 4 is 15.9 Å². The molecule has 0 aliphatic heterocycles. The second-order valence-corrected chi connectivity index (χ2v) is 5.01. The molecule has 0 unspecified atom stereocenters. The van der Waals surface area contributed by atoms with Crippen LogP contribution in [-0.4, -0.2) is 9.78 Å². The summed E-state index contributed by atoms with van der Waals surface area (Å²) >= 11 is 3.10. The summed E-state index contributed by atoms with van der Waals surface area (Å²) < 4.78 is 34.1. The van der Waals surface area contributed by atoms with E-state index in [4.69, 9.17) is 4.74 Å². The summed E-state index contributed by atoms with van der Waals surface area (Å²) in [7, 11) is 1.79. The van der Waals surface area contributed by atoms with Crippen LogP contribution in [0.5, 0.6) is 5.75 Å². The number of nitrogens with zero attached hydrogens (tertiary/aromatic N) is 2. The molecule has 0 radical (unpaired) electrons. The molecule has 6 heteroatoms. The highest BCUT2D eigenvalue weighted by Gasteiger charge is 2.12. The molecule has 1 heterocycles. The molecule has 0 fully saturated rings. The summed E-state index contributed by atoms with van der Waals surface area (Å²) in [5, 5.41) is 4.26. The highest BCUT2D eigenvalue weighted by Crippen LogP contribution is 2.26. The van der Waals surface area contributed by atoms with Crippen molar-refractivity contribution in [1.82, 2.24) is 9.78 Å². The van der Waals surface area contributed by atoms with E-state index in [2.05, 4.69) is 21.0 Å². The lowest BCUT2D eigenvalue weighted by Crippen LogP contribution is -2.04. The monoisotopic (exact) mass is 330 g/mol. The Labute approximate surface area is 118 Å². The molecule has 102 valence electrons. The molecule has 1 aromatic carbocycles. The molecule has 0 saturated carbocycles. The fourth-order valence-electron chi connectivity index (χ4n) is 1.67. The Balaban J connectivity index is 2.16. The highest BCUT2D eigenvalue weighted by atomic mass is 79.9. The molecule has 0 saturated heterocycles. The second-order valence-electron chi connectivity index (χ2n) is 4.09. The summed E-state index contributed by atoms with van der Waals surface area (Å²) in [4.78, 5) is 0. The van der Waals surface area contributed by atoms with E-state index in [1.54, 1.807) is 11.7 Å². The SMILES string of the molecule is CCc1cc(COc2cc(Br)cc(F)c2F)n(C)n1. The average molecular weight is 331 g/mol. The first-order chi connectivity index (χ1) is 9.01. The van der Waals surface area contributed by atoms with Gasteiger partial charge in [0.25, 0.3) is 0 Å². The third kappa shape index (κ3) is 3.12. The number of rotatable bonds is 4. The highest BCUT2D eigenvalue weighted by molar-refractivity contribution is 9.10. The van der Waals surface area contributed by atoms with Crippen LogP contribution in [0.4, 0.5) is 8.78 Å². The van der Waals surface area contributed by atoms with Crippen molar-refractivity contribution in [2.75, 3.05) is 0 Å². The van der Waals surface area contributed by atoms with Crippen molar-refractivity contribution in [3.8, 4) is 5.75 Å². The quantitative estimate of drug-likeness (QED) is 0.801. The number of benzene rings is 1. The van der Waals surface area contributed by atoms with Gasteiger partial charge in [0.15, 0.2) is 11.6 Å². The maximum absolute atomic E-state index is 13.5. The second kappa shape index (κ2) is 5.69. The fourth-order valence-corrected chi connectivity index (χ4v) is 2.08. The predicted octanol–water partition coefficient (Wildman–Crippen LogP) is 3.60. The minimum atomic E-state index is -0.985. The summed E-state index contributed by atoms with van der Waals surface area (Å²) in [6.07, 6.45) is 0.813. The Morgan fingerprint density at radius 3 is 2.68 bits per heavy atom. The first kappa shape index (κ1) is 14.0. The lowest BCUT2D eigenvalue weighted by Gasteiger charge is -2.08. The zero-order valence-corrected chi connectivity index (χ0v) is 12.2. The molecule has 0 amide bonds. The first-order valence-electron chi connectivity index (χ1n) is 5.80. The minimum absolute atomic E-state index is 0.119. The van der Waals surface area contributed by atoms with Gasteiger partial charge in [0.05, 0.1) is 11.4 Å². The molecule has 3 nitrogen and oxygen atoms in total. The third-order valence-electron chi connectivity index (χ3n) is 2.72. The smallest absolute Gasteiger partial charge is 0.200 e. The first-order valence-corrected chi connectivity index (χ1v) is 6.59. The molecule has 2 aromatic rings. The van der Waals surface area contributed by atoms with E-state index in [0.717, 1.165) is 23.9 Å². The Morgan fingerprint density at radius 2 is 2.05 bits per heavy atom. The summed E-state index contributed by atoms with van der Waals surface area (Å²) in [6, 6.07) is 4.34. The molecule has 19 heavy (non-hydrogen) atoms. The zero-order valence-electron chi connectivity index (χ0n) is 10.6. The van der Waals surface area contributed by atoms with Crippen molar-refractivity contribution in [2.45, 2.75) is 20.0 Å². The molecule has 0 aliphatic rings. The molecular weight excluding hydrogens is 318 g/mol. The van der Waals surface area contributed by atoms with Crippen molar-refractivity contribution in [3.05, 3.63) is 45.7 Å². The van der Waals surface area contributed by atoms with Crippen LogP contribution in [0, 0.1) is 11.6 Å². The van der Waals surface area contributed by atoms with Gasteiger partial charge in [-0.15, -0.1) is 0 Å². The molecule has 1 aromatic heterocycles. The molecule has 0 bridgehead atoms. The van der Waals surface area contributed by atoms with Crippen LogP contribution in [0.3, 0.4) is 0 Å². The van der Waals surface area contributed by atoms with Crippen LogP contribution in [0.15, 0.2) is 22.7 Å². The van der Waals surface area contributed by atoms with Crippen molar-refractivity contribution in [2.24, 2.45) is 7.05 Å². The Kier molecular flexibility index (Phi) is 4.19. The summed E-state index contributed by atoms with van der Waals surface area (Å²) in [5.41, 5.74) is 1.73. The minimum Gasteiger partial charge on any atom is -0.484 e. The molecule has 2 rings (SSSR count). The number of hydrogen-bond acceptors (Lipinski definition) is 2. The largest absolute Gasteiger partial charge is 0.484 e. The number of aromatic nitrogens is 2. The maximum Gasteiger partial charge on any atom is 0.200 e. The van der Waals surface area contributed by atoms with Crippen LogP contribution < -0.4 is 4.74 Å². The van der Waals surface area contributed by atoms with E-state index in [-0.39, 0.29) is 12.4 Å². The van der Waals surface area contributed by atoms with Gasteiger partial charge in [0.1, 0.15) is 6.61 Å². The summed E-state index contributed by atoms with van der Waals surface area (Å²) in [6.45, 7) is 2.13. The zero-order chi connectivity index (χ0) is 14.0. The fraction of sp³-hybridized carbons (Fsp3) is 0.308. The van der Waals surface area contributed by atoms with Crippen LogP contribution in [-0.2, 0) is 20.1 Å². The number of ether oxygens (including phenoxy) is 1. The molecule has 0 spiro atoms. The van der Waals surface area contributed by atoms with Crippen LogP contribution >= 0.6 is 15.9 Å². The Hall–Kier alpha value is -1.43. The van der Waals surface area contributed by atoms with Gasteiger partial charge in [-0.25, -0.2) is 4.39 Å². The van der Waals surface area contributed by atoms with Gasteiger partial charge in [-0.2, -0.15) is 9.49 Å². The van der Waals surface area contributed by atoms with Gasteiger partial charge in [-0.1, -0.05) is 22.9 Å². The van der Waals surface area contributed by atoms with Gasteiger partial charge in [0.2, 0.25) is 5.82 Å². The Morgan fingerprint density at radius 1 is 1.32 bits per heavy atom. The third-order valence-corrected chi connectivity index (χ3v) is 3.18. The lowest BCUT2D eigenvalue weighted by atomic mass is 10.3. The van der Waals surface area contributed by atoms with E-state index in [0.29, 0.717) is 4.47 Å². The lowest BCUT2D eigenvalue weighted by molar-refractivity contribution is 0.275. The van der Waals surface area contributed by atoms with E-state index in [1.165, 1.54) is 6.07 Å². The normalized spacial score (nSPS) is 10.8. The van der Waals surface area contributed by atoms with Crippen LogP contribution in [0.25, 0.3) is 0 Å². The van der Waals surface area contributed by atoms with Crippen molar-refractivity contribution in [3.63, 3.8) is 0 Å². The molecule has 0 N–H and O–H groups in total. The van der Waals surface area contributed by atoms with Gasteiger partial charge < -0.3 is 4.74 Å². The number of aryl methyl sites for hydroxylation is 2. The van der Waals surface area contributed by atoms with Crippen LogP contribution in [0.1, 0.15) is 18.3 Å². The maximum atomic E-state index is 13.5. The van der Waals surface area contributed by atoms with Gasteiger partial charge >= 0.3 is 0 Å². The molecule has 0 aliphatic carbocycles. The number of hydrogen-bond donors (Lipinski definition) is 0. The van der Waals surface area contributed by atoms with E-state index in [1.807, 2.05) is 13.0 Å². The van der Waals surface area contributed by atoms with Crippen molar-refractivity contribution in [1.29, 1.82) is 0 Å². The predicted molar refractivity (Wildman–Crippen MR) is 71.0 cm³/mol. The van der Waals surface area contributed by atoms with Gasteiger partial charge in [-0.05, 0) is 24.6 Å². The van der Waals surface area contributed by atoms with E-state index < -0.39 is 11.6 Å². The van der Waals surface area contributed by atoms with E-state index >= 15 is 0 Å². The number of halogens is 3. The van der Waals surface area contributed by atoms with Gasteiger partial charge in [-0.3, -0.25) is 4.68 Å². The van der Waals surface area contributed by atoms with E-state index in [9.17, 15) is 8.78 Å². The van der Waals surface area contributed by atoms with Crippen LogP contribution in [0.2, 0.25) is 0 Å². The Bertz CT molecular complexity index is 599. The van der Waals surface area contributed by atoms with Crippen molar-refractivity contribution < 1.29 is 13.5 Å². The summed E-state index contributed by atoms with van der Waals surface area (Å²) in [5.74, 6) is -2.05. The van der Waals surface area contributed by atoms with Gasteiger partial charge in [0, 0.05) is 11.5 Å². The molecular formula is C13H13BrF2N2O. The molecule has 0 atom stereocenters.